The van der Waals surface area contributed by atoms with Crippen LogP contribution in [0.25, 0.3) is 10.8 Å². The van der Waals surface area contributed by atoms with Gasteiger partial charge in [0.1, 0.15) is 10.8 Å². The molecule has 1 aromatic heterocycles. The number of methoxy groups -OCH3 is 1. The van der Waals surface area contributed by atoms with Crippen molar-refractivity contribution in [3.8, 4) is 5.75 Å². The molecule has 3 aromatic rings. The van der Waals surface area contributed by atoms with Crippen LogP contribution in [0.1, 0.15) is 10.6 Å². The predicted octanol–water partition coefficient (Wildman–Crippen LogP) is 1.97. The lowest BCUT2D eigenvalue weighted by molar-refractivity contribution is -0.120. The minimum Gasteiger partial charge on any atom is -0.496 e. The van der Waals surface area contributed by atoms with E-state index in [1.165, 1.54) is 11.3 Å². The van der Waals surface area contributed by atoms with Crippen LogP contribution in [0.4, 0.5) is 5.13 Å². The van der Waals surface area contributed by atoms with Gasteiger partial charge in [-0.3, -0.25) is 4.79 Å². The second-order valence-electron chi connectivity index (χ2n) is 4.91. The zero-order chi connectivity index (χ0) is 16.9. The maximum absolute atomic E-state index is 11.9. The first-order chi connectivity index (χ1) is 11.7. The number of ether oxygens (including phenoxy) is 1. The van der Waals surface area contributed by atoms with Crippen LogP contribution in [-0.2, 0) is 11.2 Å². The Morgan fingerprint density at radius 3 is 2.92 bits per heavy atom. The molecule has 0 saturated heterocycles. The maximum atomic E-state index is 11.9. The Bertz CT molecular complexity index is 906. The summed E-state index contributed by atoms with van der Waals surface area (Å²) in [6, 6.07) is 11.7. The average Bonchev–Trinajstić information content (AvgIpc) is 2.99. The van der Waals surface area contributed by atoms with Crippen molar-refractivity contribution in [3.05, 3.63) is 47.0 Å². The number of nitrogens with one attached hydrogen (secondary N) is 1. The van der Waals surface area contributed by atoms with E-state index in [0.29, 0.717) is 15.9 Å². The number of carbonyl (C=O) groups is 1. The van der Waals surface area contributed by atoms with E-state index in [1.807, 2.05) is 36.4 Å². The highest BCUT2D eigenvalue weighted by Crippen LogP contribution is 2.26. The Balaban J connectivity index is 1.76. The molecule has 122 valence electrons. The smallest absolute Gasteiger partial charge is 0.247 e. The van der Waals surface area contributed by atoms with Crippen LogP contribution in [0.3, 0.4) is 0 Å². The molecule has 1 heterocycles. The van der Waals surface area contributed by atoms with Crippen molar-refractivity contribution in [2.45, 2.75) is 6.42 Å². The summed E-state index contributed by atoms with van der Waals surface area (Å²) in [5.41, 5.74) is 8.76. The fraction of sp³-hybridized carbons (Fsp3) is 0.125. The number of fused-ring (bicyclic) bond motifs is 1. The van der Waals surface area contributed by atoms with E-state index < -0.39 is 0 Å². The molecule has 0 aliphatic heterocycles. The van der Waals surface area contributed by atoms with Gasteiger partial charge in [-0.1, -0.05) is 41.7 Å². The second-order valence-corrected chi connectivity index (χ2v) is 6.00. The number of hydrogen-bond acceptors (Lipinski definition) is 7. The van der Waals surface area contributed by atoms with E-state index in [4.69, 9.17) is 10.5 Å². The largest absolute Gasteiger partial charge is 0.496 e. The summed E-state index contributed by atoms with van der Waals surface area (Å²) >= 11 is 1.18. The Labute approximate surface area is 142 Å². The number of carbonyl (C=O) groups excluding carboxylic acids is 1. The molecule has 24 heavy (non-hydrogen) atoms. The summed E-state index contributed by atoms with van der Waals surface area (Å²) in [4.78, 5) is 11.9. The number of anilines is 1. The van der Waals surface area contributed by atoms with Gasteiger partial charge in [0.15, 0.2) is 0 Å². The Kier molecular flexibility index (Phi) is 4.66. The standard InChI is InChI=1S/C16H15N5O2S/c1-23-13-7-6-10-4-2-3-5-11(10)12(13)9-18-19-14(22)8-15-20-21-16(17)24-15/h2-7,9H,8H2,1H3,(H2,17,21)(H,19,22)/b18-9-. The van der Waals surface area contributed by atoms with Crippen LogP contribution < -0.4 is 15.9 Å². The van der Waals surface area contributed by atoms with E-state index in [0.717, 1.165) is 16.3 Å². The first kappa shape index (κ1) is 15.9. The van der Waals surface area contributed by atoms with Gasteiger partial charge in [0, 0.05) is 5.56 Å². The van der Waals surface area contributed by atoms with Gasteiger partial charge < -0.3 is 10.5 Å². The van der Waals surface area contributed by atoms with E-state index >= 15 is 0 Å². The Morgan fingerprint density at radius 2 is 2.17 bits per heavy atom. The molecule has 3 N–H and O–H groups in total. The number of hydrazone groups is 1. The van der Waals surface area contributed by atoms with Gasteiger partial charge in [-0.15, -0.1) is 10.2 Å². The molecule has 2 aromatic carbocycles. The van der Waals surface area contributed by atoms with E-state index in [-0.39, 0.29) is 12.3 Å². The fourth-order valence-corrected chi connectivity index (χ4v) is 2.88. The van der Waals surface area contributed by atoms with Crippen LogP contribution in [0, 0.1) is 0 Å². The van der Waals surface area contributed by atoms with Gasteiger partial charge in [-0.05, 0) is 16.8 Å². The Morgan fingerprint density at radius 1 is 1.33 bits per heavy atom. The van der Waals surface area contributed by atoms with Gasteiger partial charge in [0.05, 0.1) is 19.7 Å². The predicted molar refractivity (Wildman–Crippen MR) is 94.3 cm³/mol. The van der Waals surface area contributed by atoms with Gasteiger partial charge in [-0.2, -0.15) is 5.10 Å². The second kappa shape index (κ2) is 7.05. The highest BCUT2D eigenvalue weighted by Gasteiger charge is 2.08. The highest BCUT2D eigenvalue weighted by molar-refractivity contribution is 7.15. The lowest BCUT2D eigenvalue weighted by Crippen LogP contribution is -2.19. The number of nitrogens with two attached hydrogens (primary N) is 1. The van der Waals surface area contributed by atoms with E-state index in [9.17, 15) is 4.79 Å². The third kappa shape index (κ3) is 3.49. The van der Waals surface area contributed by atoms with Gasteiger partial charge in [0.25, 0.3) is 0 Å². The molecule has 0 bridgehead atoms. The number of rotatable bonds is 5. The van der Waals surface area contributed by atoms with Gasteiger partial charge in [0.2, 0.25) is 11.0 Å². The number of nitrogen functional groups attached to an aromatic ring is 1. The molecule has 0 fully saturated rings. The van der Waals surface area contributed by atoms with Crippen LogP contribution >= 0.6 is 11.3 Å². The molecule has 3 rings (SSSR count). The van der Waals surface area contributed by atoms with Crippen LogP contribution in [0.2, 0.25) is 0 Å². The number of hydrogen-bond donors (Lipinski definition) is 2. The zero-order valence-corrected chi connectivity index (χ0v) is 13.7. The number of nitrogens with zero attached hydrogens (tertiary/aromatic N) is 3. The molecule has 0 radical (unpaired) electrons. The molecule has 1 amide bonds. The topological polar surface area (TPSA) is 102 Å². The number of benzene rings is 2. The number of aromatic nitrogens is 2. The summed E-state index contributed by atoms with van der Waals surface area (Å²) in [5.74, 6) is 0.394. The van der Waals surface area contributed by atoms with Gasteiger partial charge >= 0.3 is 0 Å². The molecular weight excluding hydrogens is 326 g/mol. The lowest BCUT2D eigenvalue weighted by Gasteiger charge is -2.08. The zero-order valence-electron chi connectivity index (χ0n) is 12.9. The van der Waals surface area contributed by atoms with Crippen molar-refractivity contribution in [2.75, 3.05) is 12.8 Å². The minimum absolute atomic E-state index is 0.0822. The van der Waals surface area contributed by atoms with Crippen molar-refractivity contribution in [3.63, 3.8) is 0 Å². The Hall–Kier alpha value is -3.00. The molecule has 0 atom stereocenters. The summed E-state index contributed by atoms with van der Waals surface area (Å²) in [6.07, 6.45) is 1.66. The van der Waals surface area contributed by atoms with Crippen LogP contribution in [0.15, 0.2) is 41.5 Å². The third-order valence-electron chi connectivity index (χ3n) is 3.33. The van der Waals surface area contributed by atoms with Crippen molar-refractivity contribution in [1.82, 2.24) is 15.6 Å². The van der Waals surface area contributed by atoms with Crippen molar-refractivity contribution in [2.24, 2.45) is 5.10 Å². The molecule has 0 saturated carbocycles. The highest BCUT2D eigenvalue weighted by atomic mass is 32.1. The SMILES string of the molecule is COc1ccc2ccccc2c1/C=N\NC(=O)Cc1nnc(N)s1. The molecule has 0 aliphatic carbocycles. The van der Waals surface area contributed by atoms with E-state index in [1.54, 1.807) is 13.3 Å². The van der Waals surface area contributed by atoms with Gasteiger partial charge in [-0.25, -0.2) is 5.43 Å². The normalized spacial score (nSPS) is 11.0. The summed E-state index contributed by atoms with van der Waals surface area (Å²) in [6.45, 7) is 0. The first-order valence-electron chi connectivity index (χ1n) is 7.13. The minimum atomic E-state index is -0.290. The maximum Gasteiger partial charge on any atom is 0.247 e. The average molecular weight is 341 g/mol. The van der Waals surface area contributed by atoms with Crippen molar-refractivity contribution >= 4 is 39.4 Å². The molecule has 7 nitrogen and oxygen atoms in total. The van der Waals surface area contributed by atoms with E-state index in [2.05, 4.69) is 20.7 Å². The molecule has 0 aliphatic rings. The monoisotopic (exact) mass is 341 g/mol. The molecular formula is C16H15N5O2S. The number of amides is 1. The van der Waals surface area contributed by atoms with Crippen molar-refractivity contribution < 1.29 is 9.53 Å². The summed E-state index contributed by atoms with van der Waals surface area (Å²) < 4.78 is 5.37. The molecule has 8 heteroatoms. The lowest BCUT2D eigenvalue weighted by atomic mass is 10.0. The summed E-state index contributed by atoms with van der Waals surface area (Å²) in [7, 11) is 1.60. The third-order valence-corrected chi connectivity index (χ3v) is 4.08. The van der Waals surface area contributed by atoms with Crippen LogP contribution in [-0.4, -0.2) is 29.4 Å². The van der Waals surface area contributed by atoms with Crippen molar-refractivity contribution in [1.29, 1.82) is 0 Å². The summed E-state index contributed by atoms with van der Waals surface area (Å²) in [5, 5.41) is 14.4. The molecule has 0 spiro atoms. The fourth-order valence-electron chi connectivity index (χ4n) is 2.27. The molecule has 0 unspecified atom stereocenters. The first-order valence-corrected chi connectivity index (χ1v) is 7.94. The van der Waals surface area contributed by atoms with Crippen LogP contribution in [0.5, 0.6) is 5.75 Å². The quantitative estimate of drug-likeness (QED) is 0.546.